The Morgan fingerprint density at radius 3 is 2.33 bits per heavy atom. The van der Waals surface area contributed by atoms with Gasteiger partial charge >= 0.3 is 6.16 Å². The van der Waals surface area contributed by atoms with Crippen molar-refractivity contribution in [3.8, 4) is 5.88 Å². The summed E-state index contributed by atoms with van der Waals surface area (Å²) in [5, 5.41) is 2.76. The van der Waals surface area contributed by atoms with Crippen LogP contribution >= 0.6 is 0 Å². The smallest absolute Gasteiger partial charge is 0.431 e. The number of nitrogens with zero attached hydrogens (tertiary/aromatic N) is 1. The van der Waals surface area contributed by atoms with E-state index in [4.69, 9.17) is 9.47 Å². The molecule has 0 aliphatic carbocycles. The number of rotatable bonds is 13. The van der Waals surface area contributed by atoms with Crippen LogP contribution in [0.15, 0.2) is 47.5 Å². The average Bonchev–Trinajstić information content (AvgIpc) is 2.87. The standard InChI is InChI=1S/C25H33N3O7S/c1-4-7-8-9-15-26-23(29)18-11-10-12-21(16-18)36(32,33)28-24(30)19-13-14-22(27-17-19)35-25(31)34-20(5-2)6-3/h10-14,16-17,20H,4-9,15H2,1-3H3,(H,26,29)(H,28,30). The minimum atomic E-state index is -4.26. The van der Waals surface area contributed by atoms with Crippen LogP contribution < -0.4 is 14.8 Å². The summed E-state index contributed by atoms with van der Waals surface area (Å²) in [6.07, 6.45) is 5.17. The van der Waals surface area contributed by atoms with Gasteiger partial charge in [-0.05, 0) is 43.5 Å². The summed E-state index contributed by atoms with van der Waals surface area (Å²) >= 11 is 0. The highest BCUT2D eigenvalue weighted by molar-refractivity contribution is 7.90. The number of carbonyl (C=O) groups is 3. The molecule has 196 valence electrons. The third kappa shape index (κ3) is 8.95. The van der Waals surface area contributed by atoms with Crippen molar-refractivity contribution in [2.24, 2.45) is 0 Å². The maximum atomic E-state index is 12.7. The van der Waals surface area contributed by atoms with E-state index in [9.17, 15) is 22.8 Å². The van der Waals surface area contributed by atoms with Crippen LogP contribution in [0.2, 0.25) is 0 Å². The van der Waals surface area contributed by atoms with Crippen LogP contribution in [0.5, 0.6) is 5.88 Å². The highest BCUT2D eigenvalue weighted by atomic mass is 32.2. The van der Waals surface area contributed by atoms with Crippen LogP contribution in [0.3, 0.4) is 0 Å². The molecule has 0 aliphatic rings. The molecule has 0 spiro atoms. The molecule has 10 nitrogen and oxygen atoms in total. The van der Waals surface area contributed by atoms with Crippen LogP contribution in [0.25, 0.3) is 0 Å². The number of ether oxygens (including phenoxy) is 2. The van der Waals surface area contributed by atoms with Crippen molar-refractivity contribution in [3.63, 3.8) is 0 Å². The van der Waals surface area contributed by atoms with Gasteiger partial charge in [-0.2, -0.15) is 0 Å². The maximum absolute atomic E-state index is 12.7. The number of hydrogen-bond donors (Lipinski definition) is 2. The van der Waals surface area contributed by atoms with Gasteiger partial charge in [-0.25, -0.2) is 22.9 Å². The van der Waals surface area contributed by atoms with Gasteiger partial charge in [0.2, 0.25) is 5.88 Å². The third-order valence-electron chi connectivity index (χ3n) is 5.31. The summed E-state index contributed by atoms with van der Waals surface area (Å²) in [5.41, 5.74) is 0.101. The molecule has 0 unspecified atom stereocenters. The summed E-state index contributed by atoms with van der Waals surface area (Å²) < 4.78 is 37.5. The first kappa shape index (κ1) is 28.8. The van der Waals surface area contributed by atoms with Crippen LogP contribution in [-0.2, 0) is 14.8 Å². The Labute approximate surface area is 211 Å². The first-order valence-corrected chi connectivity index (χ1v) is 13.5. The SMILES string of the molecule is CCCCCCNC(=O)c1cccc(S(=O)(=O)NC(=O)c2ccc(OC(=O)OC(CC)CC)nc2)c1. The van der Waals surface area contributed by atoms with E-state index < -0.39 is 28.0 Å². The van der Waals surface area contributed by atoms with Gasteiger partial charge in [0.05, 0.1) is 10.5 Å². The van der Waals surface area contributed by atoms with Crippen LogP contribution in [0.4, 0.5) is 4.79 Å². The molecule has 1 aromatic carbocycles. The quantitative estimate of drug-likeness (QED) is 0.296. The summed E-state index contributed by atoms with van der Waals surface area (Å²) in [5.74, 6) is -1.42. The van der Waals surface area contributed by atoms with Gasteiger partial charge in [0.25, 0.3) is 21.8 Å². The molecule has 1 heterocycles. The highest BCUT2D eigenvalue weighted by Gasteiger charge is 2.21. The van der Waals surface area contributed by atoms with Gasteiger partial charge in [-0.1, -0.05) is 46.1 Å². The zero-order valence-corrected chi connectivity index (χ0v) is 21.6. The van der Waals surface area contributed by atoms with Crippen molar-refractivity contribution in [2.45, 2.75) is 70.3 Å². The molecular formula is C25H33N3O7S. The number of pyridine rings is 1. The Hall–Kier alpha value is -3.47. The van der Waals surface area contributed by atoms with E-state index in [0.29, 0.717) is 19.4 Å². The molecule has 0 radical (unpaired) electrons. The van der Waals surface area contributed by atoms with Crippen molar-refractivity contribution in [3.05, 3.63) is 53.7 Å². The number of carbonyl (C=O) groups excluding carboxylic acids is 3. The average molecular weight is 520 g/mol. The molecule has 2 rings (SSSR count). The largest absolute Gasteiger partial charge is 0.515 e. The summed E-state index contributed by atoms with van der Waals surface area (Å²) in [7, 11) is -4.26. The summed E-state index contributed by atoms with van der Waals surface area (Å²) in [4.78, 5) is 40.3. The van der Waals surface area contributed by atoms with Gasteiger partial charge in [-0.3, -0.25) is 9.59 Å². The first-order valence-electron chi connectivity index (χ1n) is 12.0. The summed E-state index contributed by atoms with van der Waals surface area (Å²) in [6, 6.07) is 7.94. The van der Waals surface area contributed by atoms with E-state index in [2.05, 4.69) is 17.2 Å². The monoisotopic (exact) mass is 519 g/mol. The topological polar surface area (TPSA) is 141 Å². The second kappa shape index (κ2) is 14.2. The first-order chi connectivity index (χ1) is 17.2. The number of nitrogens with one attached hydrogen (secondary N) is 2. The zero-order valence-electron chi connectivity index (χ0n) is 20.8. The number of hydrogen-bond acceptors (Lipinski definition) is 8. The van der Waals surface area contributed by atoms with E-state index in [1.54, 1.807) is 0 Å². The third-order valence-corrected chi connectivity index (χ3v) is 6.64. The molecule has 0 saturated carbocycles. The normalized spacial score (nSPS) is 11.1. The van der Waals surface area contributed by atoms with Crippen molar-refractivity contribution in [1.29, 1.82) is 0 Å². The Balaban J connectivity index is 1.99. The van der Waals surface area contributed by atoms with E-state index in [1.165, 1.54) is 36.4 Å². The lowest BCUT2D eigenvalue weighted by molar-refractivity contribution is 0.0538. The number of sulfonamides is 1. The molecule has 1 aromatic heterocycles. The number of benzene rings is 1. The lowest BCUT2D eigenvalue weighted by atomic mass is 10.2. The van der Waals surface area contributed by atoms with E-state index >= 15 is 0 Å². The lowest BCUT2D eigenvalue weighted by Crippen LogP contribution is -2.31. The second-order valence-corrected chi connectivity index (χ2v) is 9.75. The van der Waals surface area contributed by atoms with Crippen LogP contribution in [0, 0.1) is 0 Å². The van der Waals surface area contributed by atoms with Crippen molar-refractivity contribution in [1.82, 2.24) is 15.0 Å². The Bertz CT molecular complexity index is 1130. The number of aromatic nitrogens is 1. The molecule has 0 saturated heterocycles. The van der Waals surface area contributed by atoms with Crippen molar-refractivity contribution < 1.29 is 32.3 Å². The molecule has 2 aromatic rings. The fourth-order valence-electron chi connectivity index (χ4n) is 3.18. The molecule has 0 aliphatic heterocycles. The Morgan fingerprint density at radius 2 is 1.69 bits per heavy atom. The fraction of sp³-hybridized carbons (Fsp3) is 0.440. The molecule has 36 heavy (non-hydrogen) atoms. The van der Waals surface area contributed by atoms with Gasteiger partial charge in [-0.15, -0.1) is 0 Å². The van der Waals surface area contributed by atoms with Crippen LogP contribution in [0.1, 0.15) is 80.0 Å². The van der Waals surface area contributed by atoms with Crippen molar-refractivity contribution in [2.75, 3.05) is 6.54 Å². The predicted molar refractivity (Wildman–Crippen MR) is 133 cm³/mol. The number of amides is 2. The van der Waals surface area contributed by atoms with Crippen molar-refractivity contribution >= 4 is 28.0 Å². The van der Waals surface area contributed by atoms with Crippen LogP contribution in [-0.4, -0.2) is 44.0 Å². The van der Waals surface area contributed by atoms with Gasteiger partial charge in [0.1, 0.15) is 6.10 Å². The van der Waals surface area contributed by atoms with E-state index in [1.807, 2.05) is 18.6 Å². The van der Waals surface area contributed by atoms with E-state index in [0.717, 1.165) is 31.9 Å². The lowest BCUT2D eigenvalue weighted by Gasteiger charge is -2.13. The minimum Gasteiger partial charge on any atom is -0.431 e. The molecule has 2 amide bonds. The van der Waals surface area contributed by atoms with Gasteiger partial charge in [0.15, 0.2) is 0 Å². The predicted octanol–water partition coefficient (Wildman–Crippen LogP) is 4.21. The fourth-order valence-corrected chi connectivity index (χ4v) is 4.20. The molecule has 11 heteroatoms. The molecule has 0 bridgehead atoms. The van der Waals surface area contributed by atoms with E-state index in [-0.39, 0.29) is 28.0 Å². The maximum Gasteiger partial charge on any atom is 0.515 e. The molecule has 2 N–H and O–H groups in total. The summed E-state index contributed by atoms with van der Waals surface area (Å²) in [6.45, 7) is 6.34. The highest BCUT2D eigenvalue weighted by Crippen LogP contribution is 2.14. The Kier molecular flexibility index (Phi) is 11.3. The number of unbranched alkanes of at least 4 members (excludes halogenated alkanes) is 3. The zero-order chi connectivity index (χ0) is 26.6. The second-order valence-electron chi connectivity index (χ2n) is 8.07. The Morgan fingerprint density at radius 1 is 0.944 bits per heavy atom. The van der Waals surface area contributed by atoms with Gasteiger partial charge in [0, 0.05) is 24.4 Å². The molecule has 0 fully saturated rings. The van der Waals surface area contributed by atoms with Gasteiger partial charge < -0.3 is 14.8 Å². The minimum absolute atomic E-state index is 0.0692. The molecule has 0 atom stereocenters. The molecular weight excluding hydrogens is 486 g/mol.